The van der Waals surface area contributed by atoms with Crippen LogP contribution >= 0.6 is 0 Å². The van der Waals surface area contributed by atoms with Crippen LogP contribution in [0.3, 0.4) is 0 Å². The fourth-order valence-electron chi connectivity index (χ4n) is 6.77. The minimum absolute atomic E-state index is 1.09. The number of rotatable bonds is 3. The Balaban J connectivity index is 1.42. The number of hydrogen-bond donors (Lipinski definition) is 0. The van der Waals surface area contributed by atoms with Crippen molar-refractivity contribution >= 4 is 37.9 Å². The molecular weight excluding hydrogens is 480 g/mol. The van der Waals surface area contributed by atoms with Gasteiger partial charge in [-0.25, -0.2) is 0 Å². The molecule has 1 aliphatic carbocycles. The van der Waals surface area contributed by atoms with E-state index in [1.54, 1.807) is 0 Å². The number of hydrogen-bond acceptors (Lipinski definition) is 0. The highest BCUT2D eigenvalue weighted by molar-refractivity contribution is 6.23. The Labute approximate surface area is 234 Å². The van der Waals surface area contributed by atoms with Crippen LogP contribution in [0.1, 0.15) is 23.1 Å². The lowest BCUT2D eigenvalue weighted by molar-refractivity contribution is 0.978. The van der Waals surface area contributed by atoms with Crippen LogP contribution in [0.25, 0.3) is 60.1 Å². The number of fused-ring (bicyclic) bond motifs is 4. The molecule has 0 nitrogen and oxygen atoms in total. The van der Waals surface area contributed by atoms with Crippen LogP contribution in [-0.4, -0.2) is 0 Å². The van der Waals surface area contributed by atoms with E-state index >= 15 is 0 Å². The van der Waals surface area contributed by atoms with Crippen LogP contribution < -0.4 is 0 Å². The molecule has 0 spiro atoms. The minimum atomic E-state index is 1.09. The van der Waals surface area contributed by atoms with E-state index < -0.39 is 0 Å². The summed E-state index contributed by atoms with van der Waals surface area (Å²) in [7, 11) is 0. The molecule has 1 aliphatic rings. The number of allylic oxidation sites excluding steroid dienone is 1. The fraction of sp³-hybridized carbons (Fsp3) is 0.0500. The highest BCUT2D eigenvalue weighted by Crippen LogP contribution is 2.45. The van der Waals surface area contributed by atoms with Crippen molar-refractivity contribution in [1.82, 2.24) is 0 Å². The molecule has 0 atom stereocenters. The third-order valence-electron chi connectivity index (χ3n) is 8.52. The van der Waals surface area contributed by atoms with E-state index in [0.717, 1.165) is 12.8 Å². The van der Waals surface area contributed by atoms with Crippen LogP contribution in [0.15, 0.2) is 146 Å². The summed E-state index contributed by atoms with van der Waals surface area (Å²) in [5.74, 6) is 0. The van der Waals surface area contributed by atoms with Crippen LogP contribution in [0.4, 0.5) is 0 Å². The Morgan fingerprint density at radius 3 is 1.73 bits per heavy atom. The summed E-state index contributed by atoms with van der Waals surface area (Å²) in [5, 5.41) is 7.72. The molecule has 0 heterocycles. The Hall–Kier alpha value is -4.94. The molecule has 0 fully saturated rings. The lowest BCUT2D eigenvalue weighted by Crippen LogP contribution is -2.00. The van der Waals surface area contributed by atoms with Gasteiger partial charge in [0.05, 0.1) is 0 Å². The molecule has 0 N–H and O–H groups in total. The smallest absolute Gasteiger partial charge is 0.00201 e. The van der Waals surface area contributed by atoms with Crippen LogP contribution in [0.2, 0.25) is 0 Å². The standard InChI is InChI=1S/C40H28/c1-3-18-31-27(12-1)14-10-24-33(31)29-16-9-17-30(26-29)39-35-20-5-7-22-37(35)40(38-23-8-6-21-36(38)39)34-25-11-15-28-13-2-4-19-32(28)34/h1-9,11-13,15-26H,10,14H2. The summed E-state index contributed by atoms with van der Waals surface area (Å²) < 4.78 is 0. The predicted molar refractivity (Wildman–Crippen MR) is 172 cm³/mol. The average Bonchev–Trinajstić information content (AvgIpc) is 3.03. The van der Waals surface area contributed by atoms with Gasteiger partial charge in [-0.3, -0.25) is 0 Å². The topological polar surface area (TPSA) is 0 Å². The molecule has 7 aromatic carbocycles. The summed E-state index contributed by atoms with van der Waals surface area (Å²) >= 11 is 0. The first-order chi connectivity index (χ1) is 19.9. The van der Waals surface area contributed by atoms with Crippen molar-refractivity contribution in [3.8, 4) is 22.3 Å². The molecule has 0 aromatic heterocycles. The Morgan fingerprint density at radius 2 is 0.950 bits per heavy atom. The molecule has 188 valence electrons. The van der Waals surface area contributed by atoms with Crippen molar-refractivity contribution < 1.29 is 0 Å². The van der Waals surface area contributed by atoms with Gasteiger partial charge in [0.2, 0.25) is 0 Å². The van der Waals surface area contributed by atoms with Gasteiger partial charge in [-0.1, -0.05) is 140 Å². The normalized spacial score (nSPS) is 12.9. The molecule has 0 bridgehead atoms. The predicted octanol–water partition coefficient (Wildman–Crippen LogP) is 10.9. The summed E-state index contributed by atoms with van der Waals surface area (Å²) in [6, 6.07) is 51.4. The van der Waals surface area contributed by atoms with Gasteiger partial charge < -0.3 is 0 Å². The van der Waals surface area contributed by atoms with Crippen molar-refractivity contribution in [2.45, 2.75) is 12.8 Å². The van der Waals surface area contributed by atoms with Crippen molar-refractivity contribution in [2.75, 3.05) is 0 Å². The first-order valence-electron chi connectivity index (χ1n) is 14.2. The highest BCUT2D eigenvalue weighted by Gasteiger charge is 2.19. The maximum atomic E-state index is 2.42. The maximum absolute atomic E-state index is 2.42. The lowest BCUT2D eigenvalue weighted by Gasteiger charge is -2.21. The second-order valence-electron chi connectivity index (χ2n) is 10.8. The molecule has 0 unspecified atom stereocenters. The number of aryl methyl sites for hydroxylation is 1. The Bertz CT molecular complexity index is 2050. The van der Waals surface area contributed by atoms with Gasteiger partial charge in [-0.15, -0.1) is 0 Å². The van der Waals surface area contributed by atoms with E-state index in [9.17, 15) is 0 Å². The van der Waals surface area contributed by atoms with Gasteiger partial charge in [0.25, 0.3) is 0 Å². The third-order valence-corrected chi connectivity index (χ3v) is 8.52. The molecule has 8 rings (SSSR count). The second-order valence-corrected chi connectivity index (χ2v) is 10.8. The van der Waals surface area contributed by atoms with E-state index in [1.807, 2.05) is 0 Å². The summed E-state index contributed by atoms with van der Waals surface area (Å²) in [6.07, 6.45) is 4.62. The van der Waals surface area contributed by atoms with Crippen molar-refractivity contribution in [3.63, 3.8) is 0 Å². The second kappa shape index (κ2) is 9.36. The monoisotopic (exact) mass is 508 g/mol. The van der Waals surface area contributed by atoms with Crippen molar-refractivity contribution in [1.29, 1.82) is 0 Å². The largest absolute Gasteiger partial charge is 0.0757 e. The van der Waals surface area contributed by atoms with Crippen molar-refractivity contribution in [3.05, 3.63) is 162 Å². The molecule has 40 heavy (non-hydrogen) atoms. The molecule has 0 saturated heterocycles. The van der Waals surface area contributed by atoms with Gasteiger partial charge >= 0.3 is 0 Å². The Morgan fingerprint density at radius 1 is 0.400 bits per heavy atom. The van der Waals surface area contributed by atoms with E-state index in [1.165, 1.54) is 76.8 Å². The van der Waals surface area contributed by atoms with Gasteiger partial charge in [0, 0.05) is 0 Å². The van der Waals surface area contributed by atoms with Crippen molar-refractivity contribution in [2.24, 2.45) is 0 Å². The van der Waals surface area contributed by atoms with Crippen LogP contribution in [0.5, 0.6) is 0 Å². The zero-order valence-corrected chi connectivity index (χ0v) is 22.3. The van der Waals surface area contributed by atoms with E-state index in [4.69, 9.17) is 0 Å². The van der Waals surface area contributed by atoms with Gasteiger partial charge in [0.15, 0.2) is 0 Å². The molecule has 0 radical (unpaired) electrons. The lowest BCUT2D eigenvalue weighted by atomic mass is 9.83. The summed E-state index contributed by atoms with van der Waals surface area (Å²) in [6.45, 7) is 0. The SMILES string of the molecule is C1=C(c2cccc(-c3c4ccccc4c(-c4cccc5ccccc45)c4ccccc34)c2)c2ccccc2CC1. The molecule has 0 amide bonds. The first-order valence-corrected chi connectivity index (χ1v) is 14.2. The summed E-state index contributed by atoms with van der Waals surface area (Å²) in [4.78, 5) is 0. The summed E-state index contributed by atoms with van der Waals surface area (Å²) in [5.41, 5.74) is 10.6. The maximum Gasteiger partial charge on any atom is -0.00201 e. The highest BCUT2D eigenvalue weighted by atomic mass is 14.2. The fourth-order valence-corrected chi connectivity index (χ4v) is 6.77. The zero-order valence-electron chi connectivity index (χ0n) is 22.3. The quantitative estimate of drug-likeness (QED) is 0.208. The Kier molecular flexibility index (Phi) is 5.38. The van der Waals surface area contributed by atoms with Gasteiger partial charge in [-0.05, 0) is 95.7 Å². The van der Waals surface area contributed by atoms with Crippen LogP contribution in [-0.2, 0) is 6.42 Å². The number of benzene rings is 7. The third kappa shape index (κ3) is 3.61. The molecule has 0 saturated carbocycles. The molecular formula is C40H28. The zero-order chi connectivity index (χ0) is 26.5. The van der Waals surface area contributed by atoms with E-state index in [-0.39, 0.29) is 0 Å². The van der Waals surface area contributed by atoms with Crippen LogP contribution in [0, 0.1) is 0 Å². The average molecular weight is 509 g/mol. The molecule has 7 aromatic rings. The van der Waals surface area contributed by atoms with Gasteiger partial charge in [0.1, 0.15) is 0 Å². The molecule has 0 aliphatic heterocycles. The van der Waals surface area contributed by atoms with E-state index in [0.29, 0.717) is 0 Å². The van der Waals surface area contributed by atoms with E-state index in [2.05, 4.69) is 146 Å². The molecule has 0 heteroatoms. The first kappa shape index (κ1) is 23.0. The minimum Gasteiger partial charge on any atom is -0.0757 e. The van der Waals surface area contributed by atoms with Gasteiger partial charge in [-0.2, -0.15) is 0 Å².